The van der Waals surface area contributed by atoms with Crippen molar-refractivity contribution in [3.8, 4) is 0 Å². The number of rotatable bonds is 4. The van der Waals surface area contributed by atoms with Gasteiger partial charge in [0.25, 0.3) is 0 Å². The van der Waals surface area contributed by atoms with E-state index in [2.05, 4.69) is 4.98 Å². The van der Waals surface area contributed by atoms with Crippen molar-refractivity contribution in [3.05, 3.63) is 51.1 Å². The lowest BCUT2D eigenvalue weighted by Crippen LogP contribution is -2.29. The highest BCUT2D eigenvalue weighted by Gasteiger charge is 2.26. The standard InChI is InChI=1S/C12H14N2O3S2/c1-9(11-4-3-7-18-11)14(2)19(16,17)10-5-6-12(15)13-8-10/h3-9H,1-2H3,(H,13,15). The molecule has 7 heteroatoms. The third-order valence-corrected chi connectivity index (χ3v) is 5.90. The largest absolute Gasteiger partial charge is 0.328 e. The third-order valence-electron chi connectivity index (χ3n) is 2.93. The Morgan fingerprint density at radius 1 is 1.32 bits per heavy atom. The van der Waals surface area contributed by atoms with Crippen molar-refractivity contribution in [2.75, 3.05) is 7.05 Å². The van der Waals surface area contributed by atoms with E-state index < -0.39 is 10.0 Å². The first-order valence-electron chi connectivity index (χ1n) is 5.63. The molecule has 0 saturated heterocycles. The Morgan fingerprint density at radius 3 is 2.58 bits per heavy atom. The van der Waals surface area contributed by atoms with Crippen LogP contribution in [-0.2, 0) is 10.0 Å². The van der Waals surface area contributed by atoms with E-state index in [0.29, 0.717) is 0 Å². The molecule has 0 radical (unpaired) electrons. The van der Waals surface area contributed by atoms with Gasteiger partial charge in [-0.15, -0.1) is 11.3 Å². The van der Waals surface area contributed by atoms with Gasteiger partial charge in [-0.2, -0.15) is 4.31 Å². The molecule has 0 amide bonds. The SMILES string of the molecule is CC(c1cccs1)N(C)S(=O)(=O)c1ccc(=O)[nH]c1. The van der Waals surface area contributed by atoms with Crippen LogP contribution in [0.1, 0.15) is 17.8 Å². The topological polar surface area (TPSA) is 70.2 Å². The summed E-state index contributed by atoms with van der Waals surface area (Å²) in [5.74, 6) is 0. The van der Waals surface area contributed by atoms with Crippen LogP contribution in [0.15, 0.2) is 45.5 Å². The van der Waals surface area contributed by atoms with Gasteiger partial charge < -0.3 is 4.98 Å². The molecule has 0 aliphatic rings. The third kappa shape index (κ3) is 2.78. The number of aromatic nitrogens is 1. The van der Waals surface area contributed by atoms with Gasteiger partial charge in [0.15, 0.2) is 0 Å². The summed E-state index contributed by atoms with van der Waals surface area (Å²) >= 11 is 1.51. The fourth-order valence-corrected chi connectivity index (χ4v) is 3.84. The molecule has 1 N–H and O–H groups in total. The average molecular weight is 298 g/mol. The van der Waals surface area contributed by atoms with Gasteiger partial charge in [0, 0.05) is 24.2 Å². The van der Waals surface area contributed by atoms with Gasteiger partial charge in [0.1, 0.15) is 0 Å². The molecule has 0 aliphatic heterocycles. The Balaban J connectivity index is 2.34. The van der Waals surface area contributed by atoms with E-state index in [-0.39, 0.29) is 16.5 Å². The lowest BCUT2D eigenvalue weighted by molar-refractivity contribution is 0.402. The van der Waals surface area contributed by atoms with Crippen molar-refractivity contribution in [2.45, 2.75) is 17.9 Å². The quantitative estimate of drug-likeness (QED) is 0.936. The molecule has 2 aromatic rings. The summed E-state index contributed by atoms with van der Waals surface area (Å²) in [6.07, 6.45) is 1.22. The monoisotopic (exact) mass is 298 g/mol. The number of nitrogens with one attached hydrogen (secondary N) is 1. The van der Waals surface area contributed by atoms with Crippen LogP contribution in [0.4, 0.5) is 0 Å². The van der Waals surface area contributed by atoms with Crippen LogP contribution in [0.25, 0.3) is 0 Å². The van der Waals surface area contributed by atoms with E-state index in [9.17, 15) is 13.2 Å². The summed E-state index contributed by atoms with van der Waals surface area (Å²) in [6, 6.07) is 6.05. The van der Waals surface area contributed by atoms with Crippen LogP contribution in [0.2, 0.25) is 0 Å². The van der Waals surface area contributed by atoms with E-state index in [0.717, 1.165) is 4.88 Å². The van der Waals surface area contributed by atoms with Crippen molar-refractivity contribution in [1.29, 1.82) is 0 Å². The molecule has 2 aromatic heterocycles. The van der Waals surface area contributed by atoms with Gasteiger partial charge in [0.2, 0.25) is 15.6 Å². The van der Waals surface area contributed by atoms with Crippen LogP contribution in [-0.4, -0.2) is 24.8 Å². The molecular weight excluding hydrogens is 284 g/mol. The maximum atomic E-state index is 12.4. The van der Waals surface area contributed by atoms with E-state index in [1.807, 2.05) is 24.4 Å². The van der Waals surface area contributed by atoms with Crippen molar-refractivity contribution >= 4 is 21.4 Å². The van der Waals surface area contributed by atoms with Crippen molar-refractivity contribution in [2.24, 2.45) is 0 Å². The van der Waals surface area contributed by atoms with Crippen LogP contribution in [0, 0.1) is 0 Å². The second-order valence-electron chi connectivity index (χ2n) is 4.10. The lowest BCUT2D eigenvalue weighted by atomic mass is 10.3. The second kappa shape index (κ2) is 5.28. The minimum absolute atomic E-state index is 0.0815. The minimum atomic E-state index is -3.61. The maximum absolute atomic E-state index is 12.4. The molecule has 2 rings (SSSR count). The number of hydrogen-bond acceptors (Lipinski definition) is 4. The molecule has 0 fully saturated rings. The second-order valence-corrected chi connectivity index (χ2v) is 7.08. The first-order chi connectivity index (χ1) is 8.93. The van der Waals surface area contributed by atoms with Gasteiger partial charge in [-0.25, -0.2) is 8.42 Å². The molecule has 5 nitrogen and oxygen atoms in total. The van der Waals surface area contributed by atoms with Crippen molar-refractivity contribution < 1.29 is 8.42 Å². The summed E-state index contributed by atoms with van der Waals surface area (Å²) in [5, 5.41) is 1.91. The van der Waals surface area contributed by atoms with E-state index in [4.69, 9.17) is 0 Å². The molecule has 1 atom stereocenters. The summed E-state index contributed by atoms with van der Waals surface area (Å²) in [7, 11) is -2.08. The van der Waals surface area contributed by atoms with Gasteiger partial charge in [0.05, 0.1) is 10.9 Å². The molecule has 0 bridgehead atoms. The van der Waals surface area contributed by atoms with E-state index in [1.165, 1.54) is 41.0 Å². The number of sulfonamides is 1. The Morgan fingerprint density at radius 2 is 2.05 bits per heavy atom. The Kier molecular flexibility index (Phi) is 3.88. The van der Waals surface area contributed by atoms with E-state index in [1.54, 1.807) is 0 Å². The summed E-state index contributed by atoms with van der Waals surface area (Å²) in [5.41, 5.74) is -0.326. The normalized spacial score (nSPS) is 13.6. The van der Waals surface area contributed by atoms with Crippen LogP contribution >= 0.6 is 11.3 Å². The Hall–Kier alpha value is -1.44. The van der Waals surface area contributed by atoms with Gasteiger partial charge in [-0.05, 0) is 24.4 Å². The molecule has 0 aromatic carbocycles. The number of H-pyrrole nitrogens is 1. The summed E-state index contributed by atoms with van der Waals surface area (Å²) in [4.78, 5) is 14.4. The molecule has 0 saturated carbocycles. The number of nitrogens with zero attached hydrogens (tertiary/aromatic N) is 1. The zero-order valence-electron chi connectivity index (χ0n) is 10.5. The number of hydrogen-bond donors (Lipinski definition) is 1. The molecule has 2 heterocycles. The molecule has 0 aliphatic carbocycles. The van der Waals surface area contributed by atoms with Crippen LogP contribution in [0.5, 0.6) is 0 Å². The van der Waals surface area contributed by atoms with Gasteiger partial charge in [-0.1, -0.05) is 6.07 Å². The first kappa shape index (κ1) is 14.0. The number of aromatic amines is 1. The predicted octanol–water partition coefficient (Wildman–Crippen LogP) is 1.82. The zero-order chi connectivity index (χ0) is 14.0. The summed E-state index contributed by atoms with van der Waals surface area (Å²) in [6.45, 7) is 1.83. The fraction of sp³-hybridized carbons (Fsp3) is 0.250. The number of pyridine rings is 1. The van der Waals surface area contributed by atoms with Crippen molar-refractivity contribution in [3.63, 3.8) is 0 Å². The molecule has 19 heavy (non-hydrogen) atoms. The average Bonchev–Trinajstić information content (AvgIpc) is 2.91. The molecule has 1 unspecified atom stereocenters. The Labute approximate surface area is 115 Å². The smallest absolute Gasteiger partial charge is 0.247 e. The maximum Gasteiger partial charge on any atom is 0.247 e. The van der Waals surface area contributed by atoms with Crippen LogP contribution < -0.4 is 5.56 Å². The van der Waals surface area contributed by atoms with E-state index >= 15 is 0 Å². The summed E-state index contributed by atoms with van der Waals surface area (Å²) < 4.78 is 26.1. The van der Waals surface area contributed by atoms with Gasteiger partial charge in [-0.3, -0.25) is 4.79 Å². The predicted molar refractivity (Wildman–Crippen MR) is 74.7 cm³/mol. The van der Waals surface area contributed by atoms with Gasteiger partial charge >= 0.3 is 0 Å². The van der Waals surface area contributed by atoms with Crippen LogP contribution in [0.3, 0.4) is 0 Å². The molecular formula is C12H14N2O3S2. The Bertz CT molecular complexity index is 684. The number of thiophene rings is 1. The highest BCUT2D eigenvalue weighted by Crippen LogP contribution is 2.27. The first-order valence-corrected chi connectivity index (χ1v) is 7.95. The highest BCUT2D eigenvalue weighted by atomic mass is 32.2. The lowest BCUT2D eigenvalue weighted by Gasteiger charge is -2.23. The molecule has 0 spiro atoms. The molecule has 102 valence electrons. The zero-order valence-corrected chi connectivity index (χ0v) is 12.2. The fourth-order valence-electron chi connectivity index (χ4n) is 1.64. The highest BCUT2D eigenvalue weighted by molar-refractivity contribution is 7.89. The minimum Gasteiger partial charge on any atom is -0.328 e. The van der Waals surface area contributed by atoms with Crippen molar-refractivity contribution in [1.82, 2.24) is 9.29 Å².